The molecule has 0 saturated heterocycles. The van der Waals surface area contributed by atoms with Crippen LogP contribution in [0.5, 0.6) is 0 Å². The maximum Gasteiger partial charge on any atom is 0.342 e. The van der Waals surface area contributed by atoms with Gasteiger partial charge in [-0.25, -0.2) is 4.79 Å². The van der Waals surface area contributed by atoms with Crippen molar-refractivity contribution in [2.24, 2.45) is 5.92 Å². The van der Waals surface area contributed by atoms with Gasteiger partial charge in [0.15, 0.2) is 0 Å². The first-order valence-electron chi connectivity index (χ1n) is 6.91. The maximum absolute atomic E-state index is 11.1. The molecule has 0 bridgehead atoms. The number of nitro groups is 1. The van der Waals surface area contributed by atoms with Crippen LogP contribution in [0.4, 0.5) is 11.4 Å². The second kappa shape index (κ2) is 6.53. The number of anilines is 1. The van der Waals surface area contributed by atoms with Crippen molar-refractivity contribution in [1.82, 2.24) is 0 Å². The third-order valence-electron chi connectivity index (χ3n) is 3.77. The predicted molar refractivity (Wildman–Crippen MR) is 76.5 cm³/mol. The quantitative estimate of drug-likeness (QED) is 0.567. The molecule has 0 radical (unpaired) electrons. The van der Waals surface area contributed by atoms with Gasteiger partial charge in [-0.1, -0.05) is 6.42 Å². The molecule has 7 nitrogen and oxygen atoms in total. The molecular weight excluding hydrogens is 276 g/mol. The Balaban J connectivity index is 2.05. The molecule has 1 aliphatic rings. The van der Waals surface area contributed by atoms with Crippen LogP contribution in [0.15, 0.2) is 18.2 Å². The van der Waals surface area contributed by atoms with Crippen molar-refractivity contribution in [3.63, 3.8) is 0 Å². The molecule has 1 fully saturated rings. The van der Waals surface area contributed by atoms with E-state index in [2.05, 4.69) is 5.32 Å². The van der Waals surface area contributed by atoms with Gasteiger partial charge in [0.2, 0.25) is 0 Å². The van der Waals surface area contributed by atoms with E-state index in [9.17, 15) is 20.0 Å². The van der Waals surface area contributed by atoms with Crippen LogP contribution in [-0.2, 0) is 0 Å². The molecule has 2 rings (SSSR count). The summed E-state index contributed by atoms with van der Waals surface area (Å²) in [4.78, 5) is 21.1. The molecule has 1 saturated carbocycles. The number of nitrogens with zero attached hydrogens (tertiary/aromatic N) is 1. The van der Waals surface area contributed by atoms with Gasteiger partial charge in [-0.05, 0) is 37.3 Å². The minimum atomic E-state index is -1.32. The van der Waals surface area contributed by atoms with Crippen LogP contribution < -0.4 is 5.32 Å². The average molecular weight is 294 g/mol. The topological polar surface area (TPSA) is 113 Å². The number of aromatic carboxylic acids is 1. The van der Waals surface area contributed by atoms with E-state index in [0.29, 0.717) is 18.2 Å². The number of aliphatic hydroxyl groups excluding tert-OH is 1. The minimum Gasteiger partial charge on any atom is -0.477 e. The zero-order valence-electron chi connectivity index (χ0n) is 11.5. The molecule has 2 unspecified atom stereocenters. The van der Waals surface area contributed by atoms with Gasteiger partial charge >= 0.3 is 5.97 Å². The summed E-state index contributed by atoms with van der Waals surface area (Å²) in [7, 11) is 0. The lowest BCUT2D eigenvalue weighted by atomic mass is 9.87. The van der Waals surface area contributed by atoms with Gasteiger partial charge in [0.25, 0.3) is 5.69 Å². The molecular formula is C14H18N2O5. The van der Waals surface area contributed by atoms with Crippen LogP contribution in [0.25, 0.3) is 0 Å². The van der Waals surface area contributed by atoms with Crippen molar-refractivity contribution in [2.75, 3.05) is 11.9 Å². The highest BCUT2D eigenvalue weighted by Crippen LogP contribution is 2.26. The van der Waals surface area contributed by atoms with E-state index in [4.69, 9.17) is 5.11 Å². The number of hydrogen-bond acceptors (Lipinski definition) is 5. The number of aliphatic hydroxyl groups is 1. The normalized spacial score (nSPS) is 21.8. The molecule has 0 aromatic heterocycles. The van der Waals surface area contributed by atoms with Gasteiger partial charge in [-0.3, -0.25) is 10.1 Å². The molecule has 1 aromatic rings. The summed E-state index contributed by atoms with van der Waals surface area (Å²) >= 11 is 0. The van der Waals surface area contributed by atoms with Gasteiger partial charge in [0.1, 0.15) is 5.56 Å². The zero-order valence-corrected chi connectivity index (χ0v) is 11.5. The predicted octanol–water partition coefficient (Wildman–Crippen LogP) is 2.26. The molecule has 3 N–H and O–H groups in total. The number of carbonyl (C=O) groups is 1. The fraction of sp³-hybridized carbons (Fsp3) is 0.500. The highest BCUT2D eigenvalue weighted by Gasteiger charge is 2.22. The van der Waals surface area contributed by atoms with Gasteiger partial charge in [0.05, 0.1) is 11.0 Å². The standard InChI is InChI=1S/C14H18N2O5/c17-11-3-1-2-9(6-11)8-15-10-4-5-13(16(20)21)12(7-10)14(18)19/h4-5,7,9,11,15,17H,1-3,6,8H2,(H,18,19). The summed E-state index contributed by atoms with van der Waals surface area (Å²) in [5.41, 5.74) is -0.201. The lowest BCUT2D eigenvalue weighted by Crippen LogP contribution is -2.25. The summed E-state index contributed by atoms with van der Waals surface area (Å²) in [5.74, 6) is -0.990. The van der Waals surface area contributed by atoms with E-state index in [1.54, 1.807) is 0 Å². The van der Waals surface area contributed by atoms with Crippen LogP contribution >= 0.6 is 0 Å². The highest BCUT2D eigenvalue weighted by molar-refractivity contribution is 5.93. The summed E-state index contributed by atoms with van der Waals surface area (Å²) in [6, 6.07) is 3.98. The first kappa shape index (κ1) is 15.2. The van der Waals surface area contributed by atoms with Crippen molar-refractivity contribution in [2.45, 2.75) is 31.8 Å². The van der Waals surface area contributed by atoms with E-state index in [1.807, 2.05) is 0 Å². The van der Waals surface area contributed by atoms with Crippen molar-refractivity contribution >= 4 is 17.3 Å². The second-order valence-corrected chi connectivity index (χ2v) is 5.36. The van der Waals surface area contributed by atoms with Gasteiger partial charge < -0.3 is 15.5 Å². The molecule has 0 spiro atoms. The SMILES string of the molecule is O=C(O)c1cc(NCC2CCCC(O)C2)ccc1[N+](=O)[O-]. The first-order chi connectivity index (χ1) is 9.97. The fourth-order valence-corrected chi connectivity index (χ4v) is 2.69. The van der Waals surface area contributed by atoms with Crippen LogP contribution in [0.2, 0.25) is 0 Å². The van der Waals surface area contributed by atoms with Crippen LogP contribution in [0, 0.1) is 16.0 Å². The molecule has 0 heterocycles. The Morgan fingerprint density at radius 3 is 2.81 bits per heavy atom. The first-order valence-corrected chi connectivity index (χ1v) is 6.91. The molecule has 0 amide bonds. The lowest BCUT2D eigenvalue weighted by molar-refractivity contribution is -0.385. The Morgan fingerprint density at radius 2 is 2.19 bits per heavy atom. The zero-order chi connectivity index (χ0) is 15.4. The lowest BCUT2D eigenvalue weighted by Gasteiger charge is -2.26. The Kier molecular flexibility index (Phi) is 4.74. The summed E-state index contributed by atoms with van der Waals surface area (Å²) in [5, 5.41) is 32.5. The number of rotatable bonds is 5. The molecule has 2 atom stereocenters. The Hall–Kier alpha value is -2.15. The summed E-state index contributed by atoms with van der Waals surface area (Å²) in [6.07, 6.45) is 3.29. The van der Waals surface area contributed by atoms with Crippen molar-refractivity contribution in [1.29, 1.82) is 0 Å². The van der Waals surface area contributed by atoms with Crippen molar-refractivity contribution in [3.05, 3.63) is 33.9 Å². The monoisotopic (exact) mass is 294 g/mol. The van der Waals surface area contributed by atoms with Gasteiger partial charge in [-0.15, -0.1) is 0 Å². The third kappa shape index (κ3) is 3.91. The van der Waals surface area contributed by atoms with Gasteiger partial charge in [0, 0.05) is 18.3 Å². The second-order valence-electron chi connectivity index (χ2n) is 5.36. The molecule has 7 heteroatoms. The molecule has 1 aromatic carbocycles. The molecule has 1 aliphatic carbocycles. The minimum absolute atomic E-state index is 0.267. The van der Waals surface area contributed by atoms with E-state index in [1.165, 1.54) is 18.2 Å². The number of benzene rings is 1. The van der Waals surface area contributed by atoms with E-state index < -0.39 is 16.6 Å². The Morgan fingerprint density at radius 1 is 1.43 bits per heavy atom. The fourth-order valence-electron chi connectivity index (χ4n) is 2.69. The van der Waals surface area contributed by atoms with Crippen LogP contribution in [-0.4, -0.2) is 33.8 Å². The molecule has 0 aliphatic heterocycles. The average Bonchev–Trinajstić information content (AvgIpc) is 2.44. The molecule has 114 valence electrons. The van der Waals surface area contributed by atoms with Crippen LogP contribution in [0.3, 0.4) is 0 Å². The number of carboxylic acids is 1. The molecule has 21 heavy (non-hydrogen) atoms. The Bertz CT molecular complexity index is 546. The summed E-state index contributed by atoms with van der Waals surface area (Å²) < 4.78 is 0. The van der Waals surface area contributed by atoms with Crippen LogP contribution in [0.1, 0.15) is 36.0 Å². The van der Waals surface area contributed by atoms with E-state index in [0.717, 1.165) is 25.7 Å². The maximum atomic E-state index is 11.1. The van der Waals surface area contributed by atoms with Crippen molar-refractivity contribution in [3.8, 4) is 0 Å². The smallest absolute Gasteiger partial charge is 0.342 e. The third-order valence-corrected chi connectivity index (χ3v) is 3.77. The summed E-state index contributed by atoms with van der Waals surface area (Å²) in [6.45, 7) is 0.619. The number of nitrogens with one attached hydrogen (secondary N) is 1. The van der Waals surface area contributed by atoms with E-state index >= 15 is 0 Å². The largest absolute Gasteiger partial charge is 0.477 e. The van der Waals surface area contributed by atoms with E-state index in [-0.39, 0.29) is 11.7 Å². The Labute approximate surface area is 121 Å². The van der Waals surface area contributed by atoms with Gasteiger partial charge in [-0.2, -0.15) is 0 Å². The number of hydrogen-bond donors (Lipinski definition) is 3. The highest BCUT2D eigenvalue weighted by atomic mass is 16.6. The van der Waals surface area contributed by atoms with Crippen molar-refractivity contribution < 1.29 is 19.9 Å². The number of nitro benzene ring substituents is 1. The number of carboxylic acid groups (broad SMARTS) is 1.